The Morgan fingerprint density at radius 3 is 2.50 bits per heavy atom. The summed E-state index contributed by atoms with van der Waals surface area (Å²) in [5.74, 6) is -1.19. The van der Waals surface area contributed by atoms with E-state index >= 15 is 0 Å². The number of nitrogens with one attached hydrogen (secondary N) is 1. The van der Waals surface area contributed by atoms with Gasteiger partial charge in [-0.3, -0.25) is 19.6 Å². The monoisotopic (exact) mass is 365 g/mol. The van der Waals surface area contributed by atoms with E-state index in [1.54, 1.807) is 7.05 Å². The van der Waals surface area contributed by atoms with E-state index in [1.165, 1.54) is 35.6 Å². The van der Waals surface area contributed by atoms with Gasteiger partial charge in [-0.1, -0.05) is 0 Å². The molecule has 0 amide bonds. The number of aryl methyl sites for hydroxylation is 1. The van der Waals surface area contributed by atoms with Crippen LogP contribution >= 0.6 is 0 Å². The number of hydrogen-bond acceptors (Lipinski definition) is 9. The number of aliphatic hydroxyl groups excluding tert-OH is 1. The molecule has 1 saturated heterocycles. The predicted octanol–water partition coefficient (Wildman–Crippen LogP) is -0.998. The highest BCUT2D eigenvalue weighted by atomic mass is 16.6. The lowest BCUT2D eigenvalue weighted by Gasteiger charge is -2.23. The van der Waals surface area contributed by atoms with Crippen molar-refractivity contribution in [2.75, 3.05) is 6.61 Å². The van der Waals surface area contributed by atoms with Crippen molar-refractivity contribution in [1.29, 1.82) is 5.41 Å². The molecule has 2 N–H and O–H groups in total. The first kappa shape index (κ1) is 18.0. The van der Waals surface area contributed by atoms with Gasteiger partial charge in [0.05, 0.1) is 19.3 Å². The fourth-order valence-electron chi connectivity index (χ4n) is 2.93. The number of carbonyl (C=O) groups excluding carboxylic acids is 2. The van der Waals surface area contributed by atoms with E-state index in [1.807, 2.05) is 0 Å². The molecule has 1 fully saturated rings. The van der Waals surface area contributed by atoms with Gasteiger partial charge in [-0.25, -0.2) is 9.97 Å². The van der Waals surface area contributed by atoms with E-state index in [2.05, 4.69) is 9.97 Å². The van der Waals surface area contributed by atoms with E-state index < -0.39 is 43.1 Å². The SMILES string of the molecule is CC(=O)O[C@@H]1[C@H](OC(C)=O)[C@@H](CO)O[C@H]1n1cnc2c(=N)n(C)cnc21. The van der Waals surface area contributed by atoms with Gasteiger partial charge in [-0.05, 0) is 0 Å². The third-order valence-corrected chi connectivity index (χ3v) is 4.04. The molecule has 0 aliphatic carbocycles. The fraction of sp³-hybridized carbons (Fsp3) is 0.533. The van der Waals surface area contributed by atoms with Gasteiger partial charge in [0.2, 0.25) is 0 Å². The van der Waals surface area contributed by atoms with Crippen molar-refractivity contribution >= 4 is 23.1 Å². The molecule has 140 valence electrons. The lowest BCUT2D eigenvalue weighted by atomic mass is 10.1. The number of rotatable bonds is 4. The van der Waals surface area contributed by atoms with E-state index in [-0.39, 0.29) is 5.49 Å². The number of fused-ring (bicyclic) bond motifs is 1. The van der Waals surface area contributed by atoms with Gasteiger partial charge in [-0.2, -0.15) is 0 Å². The zero-order chi connectivity index (χ0) is 19.0. The molecule has 3 rings (SSSR count). The topological polar surface area (TPSA) is 142 Å². The van der Waals surface area contributed by atoms with E-state index in [0.717, 1.165) is 0 Å². The molecular formula is C15H19N5O6. The third kappa shape index (κ3) is 3.06. The Balaban J connectivity index is 2.07. The molecule has 26 heavy (non-hydrogen) atoms. The van der Waals surface area contributed by atoms with Crippen LogP contribution in [-0.4, -0.2) is 61.1 Å². The maximum absolute atomic E-state index is 11.5. The number of nitrogens with zero attached hydrogens (tertiary/aromatic N) is 4. The van der Waals surface area contributed by atoms with Crippen molar-refractivity contribution in [3.05, 3.63) is 18.1 Å². The first-order chi connectivity index (χ1) is 12.3. The maximum atomic E-state index is 11.5. The summed E-state index contributed by atoms with van der Waals surface area (Å²) in [6.45, 7) is 2.00. The van der Waals surface area contributed by atoms with Crippen LogP contribution in [0.4, 0.5) is 0 Å². The molecule has 2 aromatic rings. The van der Waals surface area contributed by atoms with Crippen molar-refractivity contribution in [1.82, 2.24) is 19.1 Å². The largest absolute Gasteiger partial charge is 0.456 e. The molecule has 11 heteroatoms. The van der Waals surface area contributed by atoms with Crippen LogP contribution < -0.4 is 5.49 Å². The van der Waals surface area contributed by atoms with Crippen molar-refractivity contribution in [2.45, 2.75) is 38.4 Å². The summed E-state index contributed by atoms with van der Waals surface area (Å²) in [4.78, 5) is 31.4. The Morgan fingerprint density at radius 2 is 1.88 bits per heavy atom. The molecule has 0 unspecified atom stereocenters. The minimum atomic E-state index is -1.00. The van der Waals surface area contributed by atoms with Gasteiger partial charge >= 0.3 is 11.9 Å². The average molecular weight is 365 g/mol. The van der Waals surface area contributed by atoms with Crippen LogP contribution in [0.15, 0.2) is 12.7 Å². The Morgan fingerprint density at radius 1 is 1.23 bits per heavy atom. The summed E-state index contributed by atoms with van der Waals surface area (Å²) in [7, 11) is 1.67. The molecule has 1 aliphatic heterocycles. The molecule has 4 atom stereocenters. The summed E-state index contributed by atoms with van der Waals surface area (Å²) in [5.41, 5.74) is 0.818. The second kappa shape index (κ2) is 6.84. The molecule has 0 saturated carbocycles. The van der Waals surface area contributed by atoms with Crippen LogP contribution in [0, 0.1) is 5.41 Å². The number of imidazole rings is 1. The number of carbonyl (C=O) groups is 2. The van der Waals surface area contributed by atoms with Crippen molar-refractivity contribution in [2.24, 2.45) is 7.05 Å². The Labute approximate surface area is 147 Å². The molecule has 0 spiro atoms. The smallest absolute Gasteiger partial charge is 0.303 e. The third-order valence-electron chi connectivity index (χ3n) is 4.04. The summed E-state index contributed by atoms with van der Waals surface area (Å²) in [6, 6.07) is 0. The normalized spacial score (nSPS) is 25.4. The molecule has 1 aliphatic rings. The molecule has 11 nitrogen and oxygen atoms in total. The quantitative estimate of drug-likeness (QED) is 0.657. The number of hydrogen-bond donors (Lipinski definition) is 2. The molecular weight excluding hydrogens is 346 g/mol. The zero-order valence-corrected chi connectivity index (χ0v) is 14.4. The lowest BCUT2D eigenvalue weighted by Crippen LogP contribution is -2.40. The first-order valence-corrected chi connectivity index (χ1v) is 7.87. The second-order valence-corrected chi connectivity index (χ2v) is 5.92. The van der Waals surface area contributed by atoms with Gasteiger partial charge < -0.3 is 23.9 Å². The maximum Gasteiger partial charge on any atom is 0.303 e. The van der Waals surface area contributed by atoms with Gasteiger partial charge in [-0.15, -0.1) is 0 Å². The fourth-order valence-corrected chi connectivity index (χ4v) is 2.93. The summed E-state index contributed by atoms with van der Waals surface area (Å²) in [6.07, 6.45) is -0.950. The van der Waals surface area contributed by atoms with Crippen LogP contribution in [0.3, 0.4) is 0 Å². The number of aromatic nitrogens is 4. The van der Waals surface area contributed by atoms with E-state index in [4.69, 9.17) is 19.6 Å². The van der Waals surface area contributed by atoms with Gasteiger partial charge in [0.15, 0.2) is 29.6 Å². The Hall–Kier alpha value is -2.79. The van der Waals surface area contributed by atoms with Crippen LogP contribution in [0.5, 0.6) is 0 Å². The average Bonchev–Trinajstić information content (AvgIpc) is 3.13. The summed E-state index contributed by atoms with van der Waals surface area (Å²) in [5, 5.41) is 17.6. The van der Waals surface area contributed by atoms with Gasteiger partial charge in [0, 0.05) is 20.9 Å². The van der Waals surface area contributed by atoms with Crippen LogP contribution in [0.25, 0.3) is 11.2 Å². The van der Waals surface area contributed by atoms with Gasteiger partial charge in [0.25, 0.3) is 0 Å². The summed E-state index contributed by atoms with van der Waals surface area (Å²) >= 11 is 0. The van der Waals surface area contributed by atoms with Crippen LogP contribution in [0.2, 0.25) is 0 Å². The molecule has 0 aromatic carbocycles. The highest BCUT2D eigenvalue weighted by Gasteiger charge is 2.50. The van der Waals surface area contributed by atoms with Crippen LogP contribution in [0.1, 0.15) is 20.1 Å². The summed E-state index contributed by atoms with van der Waals surface area (Å²) < 4.78 is 19.3. The zero-order valence-electron chi connectivity index (χ0n) is 14.4. The number of aliphatic hydroxyl groups is 1. The number of ether oxygens (including phenoxy) is 3. The minimum Gasteiger partial charge on any atom is -0.456 e. The molecule has 3 heterocycles. The van der Waals surface area contributed by atoms with Crippen LogP contribution in [-0.2, 0) is 30.8 Å². The first-order valence-electron chi connectivity index (χ1n) is 7.87. The molecule has 0 bridgehead atoms. The molecule has 0 radical (unpaired) electrons. The highest BCUT2D eigenvalue weighted by Crippen LogP contribution is 2.35. The van der Waals surface area contributed by atoms with Crippen molar-refractivity contribution in [3.8, 4) is 0 Å². The Bertz CT molecular complexity index is 906. The highest BCUT2D eigenvalue weighted by molar-refractivity contribution is 5.69. The van der Waals surface area contributed by atoms with Crippen molar-refractivity contribution < 1.29 is 28.9 Å². The predicted molar refractivity (Wildman–Crippen MR) is 84.5 cm³/mol. The second-order valence-electron chi connectivity index (χ2n) is 5.92. The van der Waals surface area contributed by atoms with Gasteiger partial charge in [0.1, 0.15) is 11.6 Å². The standard InChI is InChI=1S/C15H19N5O6/c1-7(22)24-11-9(4-21)26-15(12(11)25-8(2)23)20-6-17-10-13(16)19(3)5-18-14(10)20/h5-6,9,11-12,15-16,21H,4H2,1-3H3/t9-,11-,12-,15-/m1/s1. The Kier molecular flexibility index (Phi) is 4.74. The number of esters is 2. The van der Waals surface area contributed by atoms with E-state index in [0.29, 0.717) is 11.2 Å². The van der Waals surface area contributed by atoms with E-state index in [9.17, 15) is 14.7 Å². The molecule has 2 aromatic heterocycles. The minimum absolute atomic E-state index is 0.144. The van der Waals surface area contributed by atoms with Crippen molar-refractivity contribution in [3.63, 3.8) is 0 Å². The lowest BCUT2D eigenvalue weighted by molar-refractivity contribution is -0.165.